The number of hydrogen-bond acceptors (Lipinski definition) is 6. The van der Waals surface area contributed by atoms with Gasteiger partial charge in [0.2, 0.25) is 12.2 Å². The first-order chi connectivity index (χ1) is 16.8. The van der Waals surface area contributed by atoms with Gasteiger partial charge >= 0.3 is 12.1 Å². The van der Waals surface area contributed by atoms with Crippen molar-refractivity contribution in [3.05, 3.63) is 0 Å². The average molecular weight is 499 g/mol. The molecule has 8 nitrogen and oxygen atoms in total. The normalized spacial score (nSPS) is 18.3. The van der Waals surface area contributed by atoms with Crippen molar-refractivity contribution in [1.29, 1.82) is 0 Å². The van der Waals surface area contributed by atoms with Crippen molar-refractivity contribution in [3.63, 3.8) is 0 Å². The molecule has 0 aliphatic carbocycles. The second-order valence-electron chi connectivity index (χ2n) is 10.1. The number of hydrogen-bond donors (Lipinski definition) is 2. The van der Waals surface area contributed by atoms with E-state index in [-0.39, 0.29) is 11.8 Å². The van der Waals surface area contributed by atoms with Crippen LogP contribution in [-0.4, -0.2) is 49.6 Å². The Kier molecular flexibility index (Phi) is 17.3. The molecule has 1 rings (SSSR count). The lowest BCUT2D eigenvalue weighted by Crippen LogP contribution is -2.52. The van der Waals surface area contributed by atoms with Crippen LogP contribution in [0.3, 0.4) is 0 Å². The van der Waals surface area contributed by atoms with Gasteiger partial charge in [-0.15, -0.1) is 0 Å². The van der Waals surface area contributed by atoms with Gasteiger partial charge in [-0.3, -0.25) is 9.59 Å². The molecular weight excluding hydrogens is 448 g/mol. The molecule has 0 aromatic heterocycles. The predicted octanol–water partition coefficient (Wildman–Crippen LogP) is 5.62. The topological polar surface area (TPSA) is 103 Å². The number of carbonyl (C=O) groups excluding carboxylic acids is 3. The van der Waals surface area contributed by atoms with Crippen molar-refractivity contribution in [1.82, 2.24) is 10.6 Å². The van der Waals surface area contributed by atoms with E-state index in [1.807, 2.05) is 13.8 Å². The van der Waals surface area contributed by atoms with Crippen molar-refractivity contribution in [2.24, 2.45) is 5.92 Å². The second-order valence-corrected chi connectivity index (χ2v) is 10.1. The Labute approximate surface area is 212 Å². The lowest BCUT2D eigenvalue weighted by molar-refractivity contribution is -0.170. The quantitative estimate of drug-likeness (QED) is 0.177. The van der Waals surface area contributed by atoms with Gasteiger partial charge in [0.25, 0.3) is 0 Å². The maximum atomic E-state index is 12.8. The number of nitrogens with one attached hydrogen (secondary N) is 2. The molecule has 8 heteroatoms. The molecule has 35 heavy (non-hydrogen) atoms. The number of ether oxygens (including phenoxy) is 3. The number of alkyl carbamates (subject to hydrolysis) is 1. The van der Waals surface area contributed by atoms with Crippen molar-refractivity contribution >= 4 is 18.0 Å². The minimum absolute atomic E-state index is 0.200. The second kappa shape index (κ2) is 19.4. The van der Waals surface area contributed by atoms with Gasteiger partial charge in [0.15, 0.2) is 0 Å². The van der Waals surface area contributed by atoms with Gasteiger partial charge in [-0.25, -0.2) is 4.79 Å². The van der Waals surface area contributed by atoms with Gasteiger partial charge in [-0.05, 0) is 25.2 Å². The van der Waals surface area contributed by atoms with Gasteiger partial charge in [0, 0.05) is 6.92 Å². The highest BCUT2D eigenvalue weighted by atomic mass is 16.7. The Morgan fingerprint density at radius 2 is 1.49 bits per heavy atom. The first-order valence-corrected chi connectivity index (χ1v) is 13.9. The summed E-state index contributed by atoms with van der Waals surface area (Å²) in [6.07, 6.45) is 14.6. The standard InChI is InChI=1S/C27H50N2O6/c1-5-6-7-8-9-10-11-12-13-14-15-16-18-34-27(32)29-24(20-21(2)3)25(31)28-23-17-19-33-26(23)35-22(4)30/h21,23-24,26H,5-20H2,1-4H3,(H,28,31)(H,29,32)/t23-,24-,26-/m0/s1. The molecule has 1 aliphatic heterocycles. The molecule has 1 fully saturated rings. The van der Waals surface area contributed by atoms with Crippen LogP contribution in [0.15, 0.2) is 0 Å². The van der Waals surface area contributed by atoms with E-state index in [4.69, 9.17) is 14.2 Å². The summed E-state index contributed by atoms with van der Waals surface area (Å²) in [5, 5.41) is 5.55. The number of amides is 2. The molecule has 0 spiro atoms. The van der Waals surface area contributed by atoms with E-state index in [0.29, 0.717) is 26.1 Å². The summed E-state index contributed by atoms with van der Waals surface area (Å²) >= 11 is 0. The first kappa shape index (κ1) is 31.2. The monoisotopic (exact) mass is 498 g/mol. The van der Waals surface area contributed by atoms with E-state index >= 15 is 0 Å². The molecule has 1 heterocycles. The van der Waals surface area contributed by atoms with Crippen LogP contribution in [0.4, 0.5) is 4.79 Å². The van der Waals surface area contributed by atoms with E-state index in [1.54, 1.807) is 0 Å². The molecule has 204 valence electrons. The van der Waals surface area contributed by atoms with Crippen LogP contribution in [0.2, 0.25) is 0 Å². The fourth-order valence-electron chi connectivity index (χ4n) is 4.26. The highest BCUT2D eigenvalue weighted by Gasteiger charge is 2.34. The third-order valence-corrected chi connectivity index (χ3v) is 6.20. The zero-order valence-corrected chi connectivity index (χ0v) is 22.6. The molecule has 3 atom stereocenters. The Morgan fingerprint density at radius 1 is 0.914 bits per heavy atom. The van der Waals surface area contributed by atoms with Gasteiger partial charge < -0.3 is 24.8 Å². The maximum Gasteiger partial charge on any atom is 0.407 e. The molecule has 0 aromatic carbocycles. The number of esters is 1. The van der Waals surface area contributed by atoms with Gasteiger partial charge in [-0.1, -0.05) is 91.4 Å². The molecule has 2 amide bonds. The van der Waals surface area contributed by atoms with Gasteiger partial charge in [-0.2, -0.15) is 0 Å². The summed E-state index contributed by atoms with van der Waals surface area (Å²) in [5.41, 5.74) is 0. The summed E-state index contributed by atoms with van der Waals surface area (Å²) in [7, 11) is 0. The van der Waals surface area contributed by atoms with E-state index in [9.17, 15) is 14.4 Å². The van der Waals surface area contributed by atoms with E-state index in [2.05, 4.69) is 17.6 Å². The van der Waals surface area contributed by atoms with E-state index < -0.39 is 30.4 Å². The smallest absolute Gasteiger partial charge is 0.407 e. The summed E-state index contributed by atoms with van der Waals surface area (Å²) in [6.45, 7) is 8.27. The molecule has 0 radical (unpaired) electrons. The summed E-state index contributed by atoms with van der Waals surface area (Å²) in [6, 6.07) is -1.15. The van der Waals surface area contributed by atoms with Crippen molar-refractivity contribution < 1.29 is 28.6 Å². The van der Waals surface area contributed by atoms with Crippen LogP contribution < -0.4 is 10.6 Å². The maximum absolute atomic E-state index is 12.8. The summed E-state index contributed by atoms with van der Waals surface area (Å²) in [4.78, 5) is 36.3. The third-order valence-electron chi connectivity index (χ3n) is 6.20. The number of rotatable bonds is 19. The highest BCUT2D eigenvalue weighted by Crippen LogP contribution is 2.16. The molecule has 0 unspecified atom stereocenters. The fourth-order valence-corrected chi connectivity index (χ4v) is 4.26. The first-order valence-electron chi connectivity index (χ1n) is 13.9. The Morgan fingerprint density at radius 3 is 2.03 bits per heavy atom. The summed E-state index contributed by atoms with van der Waals surface area (Å²) in [5.74, 6) is -0.588. The zero-order chi connectivity index (χ0) is 25.9. The molecule has 0 aromatic rings. The minimum Gasteiger partial charge on any atom is -0.450 e. The predicted molar refractivity (Wildman–Crippen MR) is 137 cm³/mol. The van der Waals surface area contributed by atoms with Crippen molar-refractivity contribution in [3.8, 4) is 0 Å². The molecule has 1 aliphatic rings. The molecule has 2 N–H and O–H groups in total. The Bertz CT molecular complexity index is 598. The average Bonchev–Trinajstić information content (AvgIpc) is 3.21. The van der Waals surface area contributed by atoms with Crippen LogP contribution >= 0.6 is 0 Å². The molecule has 0 saturated carbocycles. The zero-order valence-electron chi connectivity index (χ0n) is 22.6. The van der Waals surface area contributed by atoms with Gasteiger partial charge in [0.05, 0.1) is 19.3 Å². The Hall–Kier alpha value is -1.83. The van der Waals surface area contributed by atoms with E-state index in [0.717, 1.165) is 19.3 Å². The van der Waals surface area contributed by atoms with Crippen molar-refractivity contribution in [2.45, 2.75) is 136 Å². The van der Waals surface area contributed by atoms with Crippen LogP contribution in [-0.2, 0) is 23.8 Å². The summed E-state index contributed by atoms with van der Waals surface area (Å²) < 4.78 is 15.8. The third kappa shape index (κ3) is 15.7. The molecule has 0 bridgehead atoms. The van der Waals surface area contributed by atoms with Gasteiger partial charge in [0.1, 0.15) is 6.04 Å². The number of unbranched alkanes of at least 4 members (excludes halogenated alkanes) is 11. The molecule has 1 saturated heterocycles. The number of carbonyl (C=O) groups is 3. The lowest BCUT2D eigenvalue weighted by atomic mass is 10.0. The van der Waals surface area contributed by atoms with Crippen LogP contribution in [0.5, 0.6) is 0 Å². The largest absolute Gasteiger partial charge is 0.450 e. The highest BCUT2D eigenvalue weighted by molar-refractivity contribution is 5.85. The van der Waals surface area contributed by atoms with Crippen molar-refractivity contribution in [2.75, 3.05) is 13.2 Å². The lowest BCUT2D eigenvalue weighted by Gasteiger charge is -2.24. The van der Waals surface area contributed by atoms with Crippen LogP contribution in [0.25, 0.3) is 0 Å². The van der Waals surface area contributed by atoms with Crippen LogP contribution in [0, 0.1) is 5.92 Å². The minimum atomic E-state index is -0.797. The fraction of sp³-hybridized carbons (Fsp3) is 0.889. The van der Waals surface area contributed by atoms with E-state index in [1.165, 1.54) is 64.7 Å². The molecular formula is C27H50N2O6. The SMILES string of the molecule is CCCCCCCCCCCCCCOC(=O)N[C@@H](CC(C)C)C(=O)N[C@H]1CCO[C@H]1OC(C)=O. The Balaban J connectivity index is 2.21. The van der Waals surface area contributed by atoms with Crippen LogP contribution in [0.1, 0.15) is 118 Å².